The molecule has 4 rings (SSSR count). The van der Waals surface area contributed by atoms with Gasteiger partial charge in [0.1, 0.15) is 16.1 Å². The first kappa shape index (κ1) is 17.7. The second-order valence-electron chi connectivity index (χ2n) is 5.87. The summed E-state index contributed by atoms with van der Waals surface area (Å²) in [6, 6.07) is 7.52. The third-order valence-electron chi connectivity index (χ3n) is 3.99. The van der Waals surface area contributed by atoms with Crippen LogP contribution in [-0.2, 0) is 4.79 Å². The maximum Gasteiger partial charge on any atom is 0.234 e. The van der Waals surface area contributed by atoms with Gasteiger partial charge in [-0.15, -0.1) is 0 Å². The van der Waals surface area contributed by atoms with Gasteiger partial charge in [0, 0.05) is 23.2 Å². The summed E-state index contributed by atoms with van der Waals surface area (Å²) in [5.41, 5.74) is 1.49. The Hall–Kier alpha value is -1.71. The molecule has 0 atom stereocenters. The number of halogens is 1. The molecule has 1 N–H and O–H groups in total. The van der Waals surface area contributed by atoms with Crippen LogP contribution in [0.2, 0.25) is 0 Å². The lowest BCUT2D eigenvalue weighted by Gasteiger charge is -2.11. The fraction of sp³-hybridized carbons (Fsp3) is 0.294. The lowest BCUT2D eigenvalue weighted by Crippen LogP contribution is -2.16. The van der Waals surface area contributed by atoms with Gasteiger partial charge in [0.15, 0.2) is 10.8 Å². The van der Waals surface area contributed by atoms with Gasteiger partial charge >= 0.3 is 0 Å². The second kappa shape index (κ2) is 7.89. The highest BCUT2D eigenvalue weighted by molar-refractivity contribution is 9.10. The molecule has 0 aliphatic carbocycles. The summed E-state index contributed by atoms with van der Waals surface area (Å²) < 4.78 is 1.93. The minimum absolute atomic E-state index is 0.0617. The van der Waals surface area contributed by atoms with Crippen LogP contribution >= 0.6 is 39.0 Å². The molecule has 9 heteroatoms. The number of carbonyl (C=O) groups excluding carboxylic acids is 1. The summed E-state index contributed by atoms with van der Waals surface area (Å²) in [5.74, 6) is 0.229. The molecule has 134 valence electrons. The summed E-state index contributed by atoms with van der Waals surface area (Å²) in [4.78, 5) is 27.8. The maximum atomic E-state index is 12.2. The van der Waals surface area contributed by atoms with Gasteiger partial charge in [0.05, 0.1) is 5.75 Å². The maximum absolute atomic E-state index is 12.2. The summed E-state index contributed by atoms with van der Waals surface area (Å²) >= 11 is 6.41. The van der Waals surface area contributed by atoms with E-state index in [-0.39, 0.29) is 5.91 Å². The number of thioether (sulfide) groups is 1. The number of thiazole rings is 1. The van der Waals surface area contributed by atoms with Crippen LogP contribution in [0.5, 0.6) is 0 Å². The van der Waals surface area contributed by atoms with Crippen LogP contribution in [0.1, 0.15) is 12.8 Å². The summed E-state index contributed by atoms with van der Waals surface area (Å²) in [7, 11) is 0. The lowest BCUT2D eigenvalue weighted by atomic mass is 10.3. The molecule has 3 heterocycles. The molecule has 26 heavy (non-hydrogen) atoms. The zero-order chi connectivity index (χ0) is 17.9. The van der Waals surface area contributed by atoms with Crippen molar-refractivity contribution in [2.24, 2.45) is 0 Å². The smallest absolute Gasteiger partial charge is 0.234 e. The molecule has 1 aliphatic rings. The largest absolute Gasteiger partial charge is 0.348 e. The van der Waals surface area contributed by atoms with E-state index in [0.717, 1.165) is 38.1 Å². The Morgan fingerprint density at radius 2 is 2.00 bits per heavy atom. The predicted molar refractivity (Wildman–Crippen MR) is 110 cm³/mol. The van der Waals surface area contributed by atoms with Gasteiger partial charge in [-0.1, -0.05) is 39.0 Å². The molecule has 0 radical (unpaired) electrons. The van der Waals surface area contributed by atoms with Crippen molar-refractivity contribution < 1.29 is 4.79 Å². The van der Waals surface area contributed by atoms with E-state index in [2.05, 4.69) is 41.1 Å². The average molecular weight is 450 g/mol. The Kier molecular flexibility index (Phi) is 5.37. The number of carbonyl (C=O) groups is 1. The fourth-order valence-corrected chi connectivity index (χ4v) is 4.94. The van der Waals surface area contributed by atoms with Crippen molar-refractivity contribution in [1.82, 2.24) is 15.0 Å². The van der Waals surface area contributed by atoms with Crippen LogP contribution in [-0.4, -0.2) is 39.7 Å². The van der Waals surface area contributed by atoms with E-state index in [9.17, 15) is 4.79 Å². The molecule has 0 bridgehead atoms. The summed E-state index contributed by atoms with van der Waals surface area (Å²) in [6.07, 6.45) is 3.93. The highest BCUT2D eigenvalue weighted by atomic mass is 79.9. The highest BCUT2D eigenvalue weighted by Gasteiger charge is 2.19. The minimum atomic E-state index is -0.0617. The SMILES string of the molecule is O=C(CSc1ncnc2nc(N3CCCC3)sc12)Nc1ccc(Br)cc1. The predicted octanol–water partition coefficient (Wildman–Crippen LogP) is 4.18. The van der Waals surface area contributed by atoms with E-state index in [0.29, 0.717) is 11.4 Å². The minimum Gasteiger partial charge on any atom is -0.348 e. The monoisotopic (exact) mass is 449 g/mol. The molecule has 1 fully saturated rings. The van der Waals surface area contributed by atoms with Crippen LogP contribution in [0, 0.1) is 0 Å². The van der Waals surface area contributed by atoms with Gasteiger partial charge in [-0.2, -0.15) is 4.98 Å². The third kappa shape index (κ3) is 3.99. The van der Waals surface area contributed by atoms with Gasteiger partial charge in [-0.25, -0.2) is 9.97 Å². The normalized spacial score (nSPS) is 14.1. The van der Waals surface area contributed by atoms with Crippen molar-refractivity contribution in [3.05, 3.63) is 35.1 Å². The van der Waals surface area contributed by atoms with Gasteiger partial charge < -0.3 is 10.2 Å². The number of hydrogen-bond acceptors (Lipinski definition) is 7. The highest BCUT2D eigenvalue weighted by Crippen LogP contribution is 2.34. The van der Waals surface area contributed by atoms with Crippen molar-refractivity contribution >= 4 is 66.1 Å². The van der Waals surface area contributed by atoms with Crippen molar-refractivity contribution in [3.8, 4) is 0 Å². The number of rotatable bonds is 5. The molecule has 1 aliphatic heterocycles. The molecule has 3 aromatic rings. The Morgan fingerprint density at radius 3 is 2.77 bits per heavy atom. The van der Waals surface area contributed by atoms with E-state index < -0.39 is 0 Å². The molecule has 0 unspecified atom stereocenters. The molecule has 0 saturated carbocycles. The third-order valence-corrected chi connectivity index (χ3v) is 6.75. The zero-order valence-electron chi connectivity index (χ0n) is 13.8. The van der Waals surface area contributed by atoms with Crippen LogP contribution in [0.3, 0.4) is 0 Å². The first-order valence-corrected chi connectivity index (χ1v) is 10.8. The Morgan fingerprint density at radius 1 is 1.23 bits per heavy atom. The molecule has 0 spiro atoms. The average Bonchev–Trinajstić information content (AvgIpc) is 3.31. The zero-order valence-corrected chi connectivity index (χ0v) is 17.0. The lowest BCUT2D eigenvalue weighted by molar-refractivity contribution is -0.113. The number of aromatic nitrogens is 3. The first-order chi connectivity index (χ1) is 12.7. The number of amides is 1. The first-order valence-electron chi connectivity index (χ1n) is 8.24. The van der Waals surface area contributed by atoms with E-state index in [4.69, 9.17) is 0 Å². The number of fused-ring (bicyclic) bond motifs is 1. The van der Waals surface area contributed by atoms with E-state index in [1.165, 1.54) is 30.9 Å². The molecule has 6 nitrogen and oxygen atoms in total. The van der Waals surface area contributed by atoms with Crippen LogP contribution in [0.15, 0.2) is 40.1 Å². The second-order valence-corrected chi connectivity index (χ2v) is 8.72. The standard InChI is InChI=1S/C17H16BrN5OS2/c18-11-3-5-12(6-4-11)21-13(24)9-25-16-14-15(19-10-20-16)22-17(26-14)23-7-1-2-8-23/h3-6,10H,1-2,7-9H2,(H,21,24). The number of hydrogen-bond donors (Lipinski definition) is 1. The van der Waals surface area contributed by atoms with Crippen LogP contribution in [0.4, 0.5) is 10.8 Å². The molecule has 1 amide bonds. The van der Waals surface area contributed by atoms with E-state index >= 15 is 0 Å². The number of nitrogens with one attached hydrogen (secondary N) is 1. The Labute approximate surface area is 167 Å². The summed E-state index contributed by atoms with van der Waals surface area (Å²) in [5, 5.41) is 4.70. The van der Waals surface area contributed by atoms with Crippen molar-refractivity contribution in [2.75, 3.05) is 29.1 Å². The van der Waals surface area contributed by atoms with Crippen molar-refractivity contribution in [1.29, 1.82) is 0 Å². The number of nitrogens with zero attached hydrogens (tertiary/aromatic N) is 4. The van der Waals surface area contributed by atoms with Gasteiger partial charge in [0.25, 0.3) is 0 Å². The summed E-state index contributed by atoms with van der Waals surface area (Å²) in [6.45, 7) is 2.09. The Bertz CT molecular complexity index is 925. The van der Waals surface area contributed by atoms with E-state index in [1.54, 1.807) is 11.3 Å². The molecule has 1 saturated heterocycles. The molecular weight excluding hydrogens is 434 g/mol. The molecular formula is C17H16BrN5OS2. The molecule has 1 aromatic carbocycles. The molecule has 2 aromatic heterocycles. The van der Waals surface area contributed by atoms with Crippen LogP contribution in [0.25, 0.3) is 10.3 Å². The van der Waals surface area contributed by atoms with Gasteiger partial charge in [0.2, 0.25) is 5.91 Å². The van der Waals surface area contributed by atoms with Crippen LogP contribution < -0.4 is 10.2 Å². The van der Waals surface area contributed by atoms with Gasteiger partial charge in [-0.05, 0) is 37.1 Å². The quantitative estimate of drug-likeness (QED) is 0.465. The number of benzene rings is 1. The topological polar surface area (TPSA) is 71.0 Å². The van der Waals surface area contributed by atoms with Crippen molar-refractivity contribution in [2.45, 2.75) is 17.9 Å². The number of anilines is 2. The van der Waals surface area contributed by atoms with E-state index in [1.807, 2.05) is 24.3 Å². The Balaban J connectivity index is 1.44. The fourth-order valence-electron chi connectivity index (χ4n) is 2.73. The van der Waals surface area contributed by atoms with Gasteiger partial charge in [-0.3, -0.25) is 4.79 Å². The van der Waals surface area contributed by atoms with Crippen molar-refractivity contribution in [3.63, 3.8) is 0 Å².